The highest BCUT2D eigenvalue weighted by Gasteiger charge is 2.37. The number of aromatic nitrogens is 2. The predicted octanol–water partition coefficient (Wildman–Crippen LogP) is 1.60. The van der Waals surface area contributed by atoms with E-state index in [0.717, 1.165) is 25.2 Å². The summed E-state index contributed by atoms with van der Waals surface area (Å²) in [6.45, 7) is 5.63. The van der Waals surface area contributed by atoms with Crippen molar-refractivity contribution in [3.8, 4) is 0 Å². The van der Waals surface area contributed by atoms with Gasteiger partial charge in [0.25, 0.3) is 0 Å². The minimum atomic E-state index is -3.02. The number of carbonyl (C=O) groups excluding carboxylic acids is 1. The molecule has 0 aliphatic carbocycles. The Balaban J connectivity index is 1.71. The third-order valence-electron chi connectivity index (χ3n) is 4.90. The lowest BCUT2D eigenvalue weighted by Gasteiger charge is -2.35. The molecule has 3 rings (SSSR count). The van der Waals surface area contributed by atoms with E-state index in [0.29, 0.717) is 18.9 Å². The van der Waals surface area contributed by atoms with Gasteiger partial charge >= 0.3 is 0 Å². The lowest BCUT2D eigenvalue weighted by atomic mass is 10.0. The molecule has 3 heterocycles. The number of piperidine rings is 1. The highest BCUT2D eigenvalue weighted by atomic mass is 32.2. The van der Waals surface area contributed by atoms with Gasteiger partial charge in [0, 0.05) is 31.4 Å². The Bertz CT molecular complexity index is 680. The van der Waals surface area contributed by atoms with Gasteiger partial charge in [-0.2, -0.15) is 0 Å². The number of likely N-dealkylation sites (tertiary alicyclic amines) is 1. The highest BCUT2D eigenvalue weighted by molar-refractivity contribution is 7.91. The van der Waals surface area contributed by atoms with Crippen LogP contribution in [0.5, 0.6) is 0 Å². The first-order chi connectivity index (χ1) is 10.9. The molecule has 7 heteroatoms. The number of rotatable bonds is 3. The van der Waals surface area contributed by atoms with Crippen molar-refractivity contribution in [1.82, 2.24) is 14.5 Å². The molecule has 2 fully saturated rings. The maximum Gasteiger partial charge on any atom is 0.226 e. The summed E-state index contributed by atoms with van der Waals surface area (Å²) in [6.07, 6.45) is 6.27. The van der Waals surface area contributed by atoms with Crippen molar-refractivity contribution in [2.24, 2.45) is 5.92 Å². The van der Waals surface area contributed by atoms with Crippen molar-refractivity contribution in [2.45, 2.75) is 45.1 Å². The molecule has 0 bridgehead atoms. The Hall–Kier alpha value is -1.37. The van der Waals surface area contributed by atoms with Crippen LogP contribution in [0.1, 0.15) is 50.9 Å². The normalized spacial score (nSPS) is 27.5. The van der Waals surface area contributed by atoms with Crippen molar-refractivity contribution >= 4 is 15.7 Å². The number of hydrogen-bond acceptors (Lipinski definition) is 4. The second kappa shape index (κ2) is 6.26. The van der Waals surface area contributed by atoms with Gasteiger partial charge in [-0.3, -0.25) is 4.79 Å². The molecular formula is C16H25N3O3S. The van der Waals surface area contributed by atoms with Crippen LogP contribution in [0.3, 0.4) is 0 Å². The molecule has 0 N–H and O–H groups in total. The Morgan fingerprint density at radius 1 is 1.35 bits per heavy atom. The van der Waals surface area contributed by atoms with Crippen molar-refractivity contribution in [1.29, 1.82) is 0 Å². The number of imidazole rings is 1. The summed E-state index contributed by atoms with van der Waals surface area (Å²) >= 11 is 0. The zero-order valence-electron chi connectivity index (χ0n) is 13.8. The Kier molecular flexibility index (Phi) is 4.49. The largest absolute Gasteiger partial charge is 0.340 e. The van der Waals surface area contributed by atoms with Gasteiger partial charge in [-0.15, -0.1) is 0 Å². The average Bonchev–Trinajstić information content (AvgIpc) is 3.13. The molecule has 0 unspecified atom stereocenters. The standard InChI is InChI=1S/C16H25N3O3S/c1-12(2)15-17-6-8-19(15)14-4-3-7-18(10-14)16(20)13-5-9-23(21,22)11-13/h6,8,12-14H,3-5,7,9-11H2,1-2H3/t13-,14+/m0/s1. The first-order valence-electron chi connectivity index (χ1n) is 8.39. The second-order valence-corrected chi connectivity index (χ2v) is 9.26. The first kappa shape index (κ1) is 16.5. The molecule has 0 spiro atoms. The van der Waals surface area contributed by atoms with Gasteiger partial charge in [-0.05, 0) is 19.3 Å². The van der Waals surface area contributed by atoms with Crippen molar-refractivity contribution in [2.75, 3.05) is 24.6 Å². The number of hydrogen-bond donors (Lipinski definition) is 0. The fourth-order valence-electron chi connectivity index (χ4n) is 3.71. The van der Waals surface area contributed by atoms with E-state index in [9.17, 15) is 13.2 Å². The molecule has 1 aromatic rings. The molecule has 1 aromatic heterocycles. The fraction of sp³-hybridized carbons (Fsp3) is 0.750. The van der Waals surface area contributed by atoms with E-state index in [-0.39, 0.29) is 29.4 Å². The number of nitrogens with zero attached hydrogens (tertiary/aromatic N) is 3. The van der Waals surface area contributed by atoms with E-state index in [4.69, 9.17) is 0 Å². The maximum absolute atomic E-state index is 12.7. The van der Waals surface area contributed by atoms with Gasteiger partial charge < -0.3 is 9.47 Å². The third kappa shape index (κ3) is 3.44. The van der Waals surface area contributed by atoms with Crippen LogP contribution in [-0.4, -0.2) is 53.4 Å². The van der Waals surface area contributed by atoms with Gasteiger partial charge in [-0.1, -0.05) is 13.8 Å². The molecule has 2 atom stereocenters. The molecule has 2 aliphatic rings. The van der Waals surface area contributed by atoms with Crippen LogP contribution in [0.15, 0.2) is 12.4 Å². The van der Waals surface area contributed by atoms with Gasteiger partial charge in [0.1, 0.15) is 5.82 Å². The van der Waals surface area contributed by atoms with E-state index < -0.39 is 9.84 Å². The highest BCUT2D eigenvalue weighted by Crippen LogP contribution is 2.28. The molecule has 0 aromatic carbocycles. The van der Waals surface area contributed by atoms with Gasteiger partial charge in [0.05, 0.1) is 23.5 Å². The predicted molar refractivity (Wildman–Crippen MR) is 87.9 cm³/mol. The summed E-state index contributed by atoms with van der Waals surface area (Å²) < 4.78 is 25.4. The van der Waals surface area contributed by atoms with E-state index in [1.165, 1.54) is 0 Å². The van der Waals surface area contributed by atoms with Crippen LogP contribution in [0.4, 0.5) is 0 Å². The molecule has 23 heavy (non-hydrogen) atoms. The van der Waals surface area contributed by atoms with Crippen molar-refractivity contribution in [3.63, 3.8) is 0 Å². The maximum atomic E-state index is 12.7. The summed E-state index contributed by atoms with van der Waals surface area (Å²) in [6, 6.07) is 0.241. The molecule has 0 radical (unpaired) electrons. The van der Waals surface area contributed by atoms with Crippen LogP contribution in [0.2, 0.25) is 0 Å². The summed E-state index contributed by atoms with van der Waals surface area (Å²) in [5.41, 5.74) is 0. The third-order valence-corrected chi connectivity index (χ3v) is 6.67. The second-order valence-electron chi connectivity index (χ2n) is 7.03. The van der Waals surface area contributed by atoms with Crippen LogP contribution < -0.4 is 0 Å². The van der Waals surface area contributed by atoms with Gasteiger partial charge in [0.15, 0.2) is 9.84 Å². The van der Waals surface area contributed by atoms with E-state index in [1.54, 1.807) is 0 Å². The van der Waals surface area contributed by atoms with Crippen LogP contribution in [-0.2, 0) is 14.6 Å². The molecular weight excluding hydrogens is 314 g/mol. The van der Waals surface area contributed by atoms with E-state index in [2.05, 4.69) is 23.4 Å². The number of sulfone groups is 1. The molecule has 128 valence electrons. The minimum absolute atomic E-state index is 0.0157. The smallest absolute Gasteiger partial charge is 0.226 e. The zero-order valence-corrected chi connectivity index (χ0v) is 14.6. The lowest BCUT2D eigenvalue weighted by molar-refractivity contribution is -0.136. The molecule has 0 saturated carbocycles. The Morgan fingerprint density at radius 3 is 2.78 bits per heavy atom. The SMILES string of the molecule is CC(C)c1nccn1[C@@H]1CCCN(C(=O)[C@H]2CCS(=O)(=O)C2)C1. The number of amides is 1. The van der Waals surface area contributed by atoms with Crippen LogP contribution in [0.25, 0.3) is 0 Å². The fourth-order valence-corrected chi connectivity index (χ4v) is 5.44. The van der Waals surface area contributed by atoms with Gasteiger partial charge in [0.2, 0.25) is 5.91 Å². The Morgan fingerprint density at radius 2 is 2.13 bits per heavy atom. The average molecular weight is 339 g/mol. The quantitative estimate of drug-likeness (QED) is 0.838. The first-order valence-corrected chi connectivity index (χ1v) is 10.2. The van der Waals surface area contributed by atoms with Crippen LogP contribution >= 0.6 is 0 Å². The summed E-state index contributed by atoms with van der Waals surface area (Å²) in [5, 5.41) is 0. The zero-order chi connectivity index (χ0) is 16.6. The topological polar surface area (TPSA) is 72.3 Å². The minimum Gasteiger partial charge on any atom is -0.340 e. The molecule has 6 nitrogen and oxygen atoms in total. The van der Waals surface area contributed by atoms with E-state index in [1.807, 2.05) is 17.3 Å². The molecule has 1 amide bonds. The summed E-state index contributed by atoms with van der Waals surface area (Å²) in [4.78, 5) is 19.0. The van der Waals surface area contributed by atoms with E-state index >= 15 is 0 Å². The summed E-state index contributed by atoms with van der Waals surface area (Å²) in [5.74, 6) is 1.24. The van der Waals surface area contributed by atoms with Crippen LogP contribution in [0, 0.1) is 5.92 Å². The Labute approximate surface area is 137 Å². The number of carbonyl (C=O) groups is 1. The van der Waals surface area contributed by atoms with Crippen molar-refractivity contribution < 1.29 is 13.2 Å². The monoisotopic (exact) mass is 339 g/mol. The molecule has 2 aliphatic heterocycles. The van der Waals surface area contributed by atoms with Crippen molar-refractivity contribution in [3.05, 3.63) is 18.2 Å². The summed E-state index contributed by atoms with van der Waals surface area (Å²) in [7, 11) is -3.02. The van der Waals surface area contributed by atoms with Gasteiger partial charge in [-0.25, -0.2) is 13.4 Å². The lowest BCUT2D eigenvalue weighted by Crippen LogP contribution is -2.44. The molecule has 2 saturated heterocycles.